The summed E-state index contributed by atoms with van der Waals surface area (Å²) in [5, 5.41) is 5.34. The molecule has 3 aromatic carbocycles. The average Bonchev–Trinajstić information content (AvgIpc) is 3.87. The van der Waals surface area contributed by atoms with Gasteiger partial charge in [-0.25, -0.2) is 4.79 Å². The number of amides is 5. The van der Waals surface area contributed by atoms with Crippen LogP contribution < -0.4 is 10.6 Å². The van der Waals surface area contributed by atoms with Crippen LogP contribution in [0.4, 0.5) is 10.5 Å². The second-order valence-corrected chi connectivity index (χ2v) is 17.1. The van der Waals surface area contributed by atoms with Gasteiger partial charge in [-0.05, 0) is 40.8 Å². The molecule has 3 aromatic rings. The van der Waals surface area contributed by atoms with E-state index in [1.807, 2.05) is 24.3 Å². The molecule has 3 aliphatic rings. The molecule has 2 heterocycles. The minimum atomic E-state index is -1.02. The van der Waals surface area contributed by atoms with Crippen LogP contribution in [0.3, 0.4) is 0 Å². The number of carbonyl (C=O) groups excluding carboxylic acids is 5. The zero-order valence-corrected chi connectivity index (χ0v) is 42.4. The topological polar surface area (TPSA) is 227 Å². The normalized spacial score (nSPS) is 15.1. The molecule has 1 unspecified atom stereocenters. The Hall–Kier alpha value is -5.43. The van der Waals surface area contributed by atoms with Crippen LogP contribution in [0, 0.1) is 0 Å². The first kappa shape index (κ1) is 57.8. The first-order valence-electron chi connectivity index (χ1n) is 25.3. The van der Waals surface area contributed by atoms with E-state index >= 15 is 0 Å². The number of imide groups is 2. The minimum absolute atomic E-state index is 0.0252. The summed E-state index contributed by atoms with van der Waals surface area (Å²) in [6, 6.07) is 20.4. The van der Waals surface area contributed by atoms with E-state index in [0.717, 1.165) is 4.90 Å². The van der Waals surface area contributed by atoms with Crippen LogP contribution in [0.5, 0.6) is 0 Å². The van der Waals surface area contributed by atoms with Gasteiger partial charge in [-0.15, -0.1) is 0 Å². The van der Waals surface area contributed by atoms with Gasteiger partial charge in [-0.3, -0.25) is 29.4 Å². The Balaban J connectivity index is 0.605. The molecule has 2 aliphatic heterocycles. The number of hydrogen-bond donors (Lipinski definition) is 2. The summed E-state index contributed by atoms with van der Waals surface area (Å²) in [5.74, 6) is -2.16. The fraction of sp³-hybridized carbons (Fsp3) is 0.566. The van der Waals surface area contributed by atoms with Crippen molar-refractivity contribution in [3.63, 3.8) is 0 Å². The zero-order chi connectivity index (χ0) is 52.0. The molecule has 1 fully saturated rings. The number of anilines is 1. The third kappa shape index (κ3) is 18.7. The number of nitrogens with one attached hydrogen (secondary N) is 2. The highest BCUT2D eigenvalue weighted by atomic mass is 16.6. The monoisotopic (exact) mass is 1040 g/mol. The van der Waals surface area contributed by atoms with Crippen molar-refractivity contribution in [1.82, 2.24) is 15.1 Å². The number of piperidine rings is 1. The molecule has 5 amide bonds. The van der Waals surface area contributed by atoms with E-state index < -0.39 is 29.7 Å². The van der Waals surface area contributed by atoms with E-state index in [0.29, 0.717) is 164 Å². The van der Waals surface area contributed by atoms with Gasteiger partial charge >= 0.3 is 6.09 Å². The van der Waals surface area contributed by atoms with Crippen molar-refractivity contribution in [2.45, 2.75) is 24.8 Å². The van der Waals surface area contributed by atoms with E-state index in [2.05, 4.69) is 34.9 Å². The Morgan fingerprint density at radius 1 is 0.541 bits per heavy atom. The molecule has 21 nitrogen and oxygen atoms in total. The number of likely N-dealkylation sites (N-methyl/N-ethyl adjacent to an activating group) is 1. The number of hydrogen-bond acceptors (Lipinski definition) is 18. The quantitative estimate of drug-likeness (QED) is 0.0613. The Kier molecular flexibility index (Phi) is 26.2. The second kappa shape index (κ2) is 33.5. The molecule has 0 radical (unpaired) electrons. The average molecular weight is 1040 g/mol. The van der Waals surface area contributed by atoms with Crippen LogP contribution in [-0.4, -0.2) is 218 Å². The lowest BCUT2D eigenvalue weighted by molar-refractivity contribution is -0.136. The molecule has 1 aliphatic carbocycles. The molecule has 1 atom stereocenters. The Morgan fingerprint density at radius 2 is 0.959 bits per heavy atom. The summed E-state index contributed by atoms with van der Waals surface area (Å²) in [7, 11) is 1.71. The predicted molar refractivity (Wildman–Crippen MR) is 268 cm³/mol. The Bertz CT molecular complexity index is 2150. The molecule has 6 rings (SSSR count). The van der Waals surface area contributed by atoms with Crippen molar-refractivity contribution in [3.05, 3.63) is 89.0 Å². The van der Waals surface area contributed by atoms with Crippen LogP contribution in [0.1, 0.15) is 50.6 Å². The lowest BCUT2D eigenvalue weighted by Gasteiger charge is -2.27. The molecule has 2 N–H and O–H groups in total. The molecule has 0 bridgehead atoms. The van der Waals surface area contributed by atoms with Crippen LogP contribution in [0.15, 0.2) is 66.7 Å². The zero-order valence-electron chi connectivity index (χ0n) is 42.4. The molecule has 1 saturated heterocycles. The van der Waals surface area contributed by atoms with Crippen molar-refractivity contribution in [1.29, 1.82) is 0 Å². The van der Waals surface area contributed by atoms with Crippen molar-refractivity contribution < 1.29 is 80.8 Å². The van der Waals surface area contributed by atoms with E-state index in [-0.39, 0.29) is 42.6 Å². The van der Waals surface area contributed by atoms with Crippen molar-refractivity contribution in [3.8, 4) is 11.1 Å². The van der Waals surface area contributed by atoms with Gasteiger partial charge in [0.2, 0.25) is 11.8 Å². The fourth-order valence-electron chi connectivity index (χ4n) is 8.22. The first-order chi connectivity index (χ1) is 36.3. The summed E-state index contributed by atoms with van der Waals surface area (Å²) in [6.45, 7) is 10.5. The third-order valence-electron chi connectivity index (χ3n) is 12.0. The van der Waals surface area contributed by atoms with E-state index in [1.54, 1.807) is 25.2 Å². The van der Waals surface area contributed by atoms with Crippen molar-refractivity contribution in [2.75, 3.05) is 177 Å². The Morgan fingerprint density at radius 3 is 1.42 bits per heavy atom. The molecule has 406 valence electrons. The standard InChI is InChI=1S/C53H72N4O17/c1-56(53(62)74-39-45-42-9-4-2-7-40(42)41-8-3-5-10-43(41)45)16-18-64-20-22-66-24-26-68-28-30-70-32-34-72-36-38-73-37-35-71-33-31-69-29-27-67-25-23-65-21-19-63-17-15-54-46-12-6-11-44-49(46)52(61)57(51(44)60)47-13-14-48(58)55-50(47)59/h2-12,45,47,54H,13-39H2,1H3,(H,55,58,59). The predicted octanol–water partition coefficient (Wildman–Crippen LogP) is 3.56. The first-order valence-corrected chi connectivity index (χ1v) is 25.3. The highest BCUT2D eigenvalue weighted by Gasteiger charge is 2.45. The van der Waals surface area contributed by atoms with Crippen molar-refractivity contribution in [2.24, 2.45) is 0 Å². The second-order valence-electron chi connectivity index (χ2n) is 17.1. The summed E-state index contributed by atoms with van der Waals surface area (Å²) in [5.41, 5.74) is 5.65. The summed E-state index contributed by atoms with van der Waals surface area (Å²) in [6.07, 6.45) is -0.218. The molecule has 21 heteroatoms. The van der Waals surface area contributed by atoms with Crippen LogP contribution in [0.25, 0.3) is 11.1 Å². The highest BCUT2D eigenvalue weighted by molar-refractivity contribution is 6.25. The van der Waals surface area contributed by atoms with Gasteiger partial charge in [-0.2, -0.15) is 0 Å². The maximum Gasteiger partial charge on any atom is 0.409 e. The van der Waals surface area contributed by atoms with E-state index in [1.165, 1.54) is 27.2 Å². The van der Waals surface area contributed by atoms with Crippen LogP contribution in [0.2, 0.25) is 0 Å². The van der Waals surface area contributed by atoms with E-state index in [4.69, 9.17) is 56.8 Å². The maximum absolute atomic E-state index is 13.2. The Labute approximate surface area is 432 Å². The van der Waals surface area contributed by atoms with Crippen LogP contribution in [-0.2, 0) is 66.4 Å². The smallest absolute Gasteiger partial charge is 0.409 e. The number of fused-ring (bicyclic) bond motifs is 4. The van der Waals surface area contributed by atoms with Gasteiger partial charge in [-0.1, -0.05) is 54.6 Å². The number of benzene rings is 3. The third-order valence-corrected chi connectivity index (χ3v) is 12.0. The maximum atomic E-state index is 13.2. The molecular formula is C53H72N4O17. The molecular weight excluding hydrogens is 965 g/mol. The summed E-state index contributed by atoms with van der Waals surface area (Å²) < 4.78 is 66.7. The minimum Gasteiger partial charge on any atom is -0.448 e. The van der Waals surface area contributed by atoms with Crippen LogP contribution >= 0.6 is 0 Å². The van der Waals surface area contributed by atoms with Gasteiger partial charge in [0.1, 0.15) is 12.6 Å². The molecule has 0 saturated carbocycles. The number of nitrogens with zero attached hydrogens (tertiary/aromatic N) is 2. The largest absolute Gasteiger partial charge is 0.448 e. The molecule has 0 aromatic heterocycles. The van der Waals surface area contributed by atoms with Gasteiger partial charge in [0, 0.05) is 38.2 Å². The fourth-order valence-corrected chi connectivity index (χ4v) is 8.22. The van der Waals surface area contributed by atoms with Gasteiger partial charge in [0.25, 0.3) is 11.8 Å². The summed E-state index contributed by atoms with van der Waals surface area (Å²) in [4.78, 5) is 65.2. The summed E-state index contributed by atoms with van der Waals surface area (Å²) >= 11 is 0. The lowest BCUT2D eigenvalue weighted by atomic mass is 9.98. The van der Waals surface area contributed by atoms with E-state index in [9.17, 15) is 24.0 Å². The van der Waals surface area contributed by atoms with Crippen molar-refractivity contribution >= 4 is 35.4 Å². The highest BCUT2D eigenvalue weighted by Crippen LogP contribution is 2.44. The number of ether oxygens (including phenoxy) is 12. The molecule has 0 spiro atoms. The number of carbonyl (C=O) groups is 5. The van der Waals surface area contributed by atoms with Gasteiger partial charge < -0.3 is 67.1 Å². The number of rotatable bonds is 40. The van der Waals surface area contributed by atoms with Gasteiger partial charge in [0.05, 0.1) is 156 Å². The SMILES string of the molecule is CN(CCOCCOCCOCCOCCOCCOCCOCCOCCOCCOCCOCCNc1cccc2c1C(=O)N(C1CCC(=O)NC1=O)C2=O)C(=O)OCC1c2ccccc2-c2ccccc21. The van der Waals surface area contributed by atoms with Gasteiger partial charge in [0.15, 0.2) is 0 Å². The lowest BCUT2D eigenvalue weighted by Crippen LogP contribution is -2.54. The molecule has 74 heavy (non-hydrogen) atoms.